The van der Waals surface area contributed by atoms with Crippen LogP contribution in [0.3, 0.4) is 0 Å². The molecule has 0 saturated carbocycles. The Balaban J connectivity index is 1.80. The van der Waals surface area contributed by atoms with E-state index in [9.17, 15) is 17.6 Å². The first-order chi connectivity index (χ1) is 11.9. The van der Waals surface area contributed by atoms with Gasteiger partial charge in [0.1, 0.15) is 5.82 Å². The van der Waals surface area contributed by atoms with Crippen molar-refractivity contribution in [2.45, 2.75) is 31.9 Å². The first-order valence-electron chi connectivity index (χ1n) is 7.83. The Morgan fingerprint density at radius 3 is 2.48 bits per heavy atom. The van der Waals surface area contributed by atoms with Gasteiger partial charge < -0.3 is 0 Å². The molecule has 0 N–H and O–H groups in total. The molecule has 1 aliphatic carbocycles. The Labute approximate surface area is 144 Å². The van der Waals surface area contributed by atoms with Crippen molar-refractivity contribution in [1.29, 1.82) is 0 Å². The number of thiazole rings is 1. The number of alkyl halides is 3. The number of fused-ring (bicyclic) bond motifs is 1. The zero-order valence-corrected chi connectivity index (χ0v) is 13.8. The minimum absolute atomic E-state index is 0.168. The van der Waals surface area contributed by atoms with Crippen molar-refractivity contribution >= 4 is 11.3 Å². The van der Waals surface area contributed by atoms with Crippen LogP contribution in [0.4, 0.5) is 17.6 Å². The summed E-state index contributed by atoms with van der Waals surface area (Å²) in [5, 5.41) is 6.02. The maximum absolute atomic E-state index is 13.6. The van der Waals surface area contributed by atoms with E-state index in [0.717, 1.165) is 28.9 Å². The number of hydrogen-bond acceptors (Lipinski definition) is 3. The van der Waals surface area contributed by atoms with Crippen LogP contribution in [-0.2, 0) is 19.0 Å². The van der Waals surface area contributed by atoms with Crippen LogP contribution in [0.25, 0.3) is 16.4 Å². The van der Waals surface area contributed by atoms with E-state index in [4.69, 9.17) is 0 Å². The average molecular weight is 367 g/mol. The molecule has 0 spiro atoms. The van der Waals surface area contributed by atoms with Crippen LogP contribution < -0.4 is 0 Å². The zero-order chi connectivity index (χ0) is 17.6. The van der Waals surface area contributed by atoms with Crippen molar-refractivity contribution in [1.82, 2.24) is 14.8 Å². The molecule has 8 heteroatoms. The molecule has 0 unspecified atom stereocenters. The van der Waals surface area contributed by atoms with E-state index in [1.165, 1.54) is 12.1 Å². The third kappa shape index (κ3) is 2.95. The van der Waals surface area contributed by atoms with Crippen LogP contribution in [0.2, 0.25) is 0 Å². The maximum atomic E-state index is 13.6. The summed E-state index contributed by atoms with van der Waals surface area (Å²) >= 11 is 1.09. The highest BCUT2D eigenvalue weighted by molar-refractivity contribution is 7.12. The predicted octanol–water partition coefficient (Wildman–Crippen LogP) is 5.03. The predicted molar refractivity (Wildman–Crippen MR) is 86.3 cm³/mol. The van der Waals surface area contributed by atoms with Crippen molar-refractivity contribution in [2.75, 3.05) is 0 Å². The van der Waals surface area contributed by atoms with Crippen LogP contribution in [-0.4, -0.2) is 14.8 Å². The molecule has 0 saturated heterocycles. The Morgan fingerprint density at radius 1 is 1.04 bits per heavy atom. The molecule has 0 aliphatic heterocycles. The standard InChI is InChI=1S/C17H13F4N3S/c18-11-7-5-10(6-8-11)14-9-25-16(22-14)24-15(17(19,20)21)12-3-1-2-4-13(12)23-24/h5-9H,1-4H2. The molecule has 4 rings (SSSR count). The lowest BCUT2D eigenvalue weighted by molar-refractivity contribution is -0.143. The summed E-state index contributed by atoms with van der Waals surface area (Å²) in [5.41, 5.74) is 1.23. The van der Waals surface area contributed by atoms with Crippen LogP contribution in [0.5, 0.6) is 0 Å². The average Bonchev–Trinajstić information content (AvgIpc) is 3.19. The fourth-order valence-corrected chi connectivity index (χ4v) is 3.89. The lowest BCUT2D eigenvalue weighted by atomic mass is 9.96. The summed E-state index contributed by atoms with van der Waals surface area (Å²) in [6, 6.07) is 5.68. The van der Waals surface area contributed by atoms with Gasteiger partial charge in [-0.15, -0.1) is 11.3 Å². The summed E-state index contributed by atoms with van der Waals surface area (Å²) in [6.45, 7) is 0. The second-order valence-corrected chi connectivity index (χ2v) is 6.75. The minimum atomic E-state index is -4.49. The summed E-state index contributed by atoms with van der Waals surface area (Å²) < 4.78 is 54.8. The van der Waals surface area contributed by atoms with Gasteiger partial charge in [0.2, 0.25) is 5.13 Å². The smallest absolute Gasteiger partial charge is 0.218 e. The highest BCUT2D eigenvalue weighted by atomic mass is 32.1. The highest BCUT2D eigenvalue weighted by Crippen LogP contribution is 2.38. The van der Waals surface area contributed by atoms with Gasteiger partial charge in [-0.1, -0.05) is 0 Å². The quantitative estimate of drug-likeness (QED) is 0.595. The molecule has 2 aromatic heterocycles. The third-order valence-electron chi connectivity index (χ3n) is 4.24. The van der Waals surface area contributed by atoms with Gasteiger partial charge in [0.25, 0.3) is 0 Å². The first-order valence-corrected chi connectivity index (χ1v) is 8.71. The highest BCUT2D eigenvalue weighted by Gasteiger charge is 2.41. The Morgan fingerprint density at radius 2 is 1.76 bits per heavy atom. The molecule has 0 amide bonds. The summed E-state index contributed by atoms with van der Waals surface area (Å²) in [4.78, 5) is 4.29. The topological polar surface area (TPSA) is 30.7 Å². The van der Waals surface area contributed by atoms with Crippen LogP contribution >= 0.6 is 11.3 Å². The number of halogens is 4. The fraction of sp³-hybridized carbons (Fsp3) is 0.294. The van der Waals surface area contributed by atoms with Gasteiger partial charge in [-0.3, -0.25) is 0 Å². The van der Waals surface area contributed by atoms with Gasteiger partial charge >= 0.3 is 6.18 Å². The number of nitrogens with zero attached hydrogens (tertiary/aromatic N) is 3. The van der Waals surface area contributed by atoms with Crippen LogP contribution in [0.15, 0.2) is 29.6 Å². The van der Waals surface area contributed by atoms with Gasteiger partial charge in [0.15, 0.2) is 5.69 Å². The monoisotopic (exact) mass is 367 g/mol. The lowest BCUT2D eigenvalue weighted by Crippen LogP contribution is -2.16. The summed E-state index contributed by atoms with van der Waals surface area (Å²) in [7, 11) is 0. The molecule has 3 nitrogen and oxygen atoms in total. The summed E-state index contributed by atoms with van der Waals surface area (Å²) in [5.74, 6) is -0.377. The molecule has 1 aliphatic rings. The second kappa shape index (κ2) is 5.94. The van der Waals surface area contributed by atoms with Gasteiger partial charge in [-0.2, -0.15) is 18.3 Å². The number of aryl methyl sites for hydroxylation is 1. The van der Waals surface area contributed by atoms with Crippen molar-refractivity contribution in [3.8, 4) is 16.4 Å². The SMILES string of the molecule is Fc1ccc(-c2csc(-n3nc4c(c3C(F)(F)F)CCCC4)n2)cc1. The zero-order valence-electron chi connectivity index (χ0n) is 13.0. The molecule has 0 radical (unpaired) electrons. The van der Waals surface area contributed by atoms with Crippen molar-refractivity contribution in [3.05, 3.63) is 52.4 Å². The van der Waals surface area contributed by atoms with E-state index in [2.05, 4.69) is 10.1 Å². The van der Waals surface area contributed by atoms with Crippen molar-refractivity contribution in [2.24, 2.45) is 0 Å². The third-order valence-corrected chi connectivity index (χ3v) is 5.05. The molecule has 0 bridgehead atoms. The van der Waals surface area contributed by atoms with E-state index < -0.39 is 11.9 Å². The van der Waals surface area contributed by atoms with Crippen molar-refractivity contribution < 1.29 is 17.6 Å². The van der Waals surface area contributed by atoms with Gasteiger partial charge in [-0.05, 0) is 49.9 Å². The molecule has 130 valence electrons. The minimum Gasteiger partial charge on any atom is -0.218 e. The fourth-order valence-electron chi connectivity index (χ4n) is 3.10. The van der Waals surface area contributed by atoms with E-state index in [1.54, 1.807) is 17.5 Å². The Kier molecular flexibility index (Phi) is 3.87. The van der Waals surface area contributed by atoms with Crippen LogP contribution in [0, 0.1) is 5.82 Å². The molecular formula is C17H13F4N3S. The first kappa shape index (κ1) is 16.3. The second-order valence-electron chi connectivity index (χ2n) is 5.91. The maximum Gasteiger partial charge on any atom is 0.433 e. The van der Waals surface area contributed by atoms with E-state index in [0.29, 0.717) is 29.8 Å². The molecule has 0 fully saturated rings. The van der Waals surface area contributed by atoms with E-state index >= 15 is 0 Å². The number of aromatic nitrogens is 3. The molecule has 2 heterocycles. The number of hydrogen-bond donors (Lipinski definition) is 0. The normalized spacial score (nSPS) is 14.6. The van der Waals surface area contributed by atoms with Crippen molar-refractivity contribution in [3.63, 3.8) is 0 Å². The molecule has 1 aromatic carbocycles. The Bertz CT molecular complexity index is 909. The van der Waals surface area contributed by atoms with E-state index in [1.807, 2.05) is 0 Å². The molecular weight excluding hydrogens is 354 g/mol. The lowest BCUT2D eigenvalue weighted by Gasteiger charge is -2.13. The van der Waals surface area contributed by atoms with Gasteiger partial charge in [-0.25, -0.2) is 14.1 Å². The summed E-state index contributed by atoms with van der Waals surface area (Å²) in [6.07, 6.45) is -1.96. The molecule has 25 heavy (non-hydrogen) atoms. The van der Waals surface area contributed by atoms with Gasteiger partial charge in [0.05, 0.1) is 11.4 Å². The van der Waals surface area contributed by atoms with Gasteiger partial charge in [0, 0.05) is 16.5 Å². The van der Waals surface area contributed by atoms with Crippen LogP contribution in [0.1, 0.15) is 29.8 Å². The largest absolute Gasteiger partial charge is 0.433 e. The number of benzene rings is 1. The molecule has 3 aromatic rings. The Hall–Kier alpha value is -2.22. The number of rotatable bonds is 2. The molecule has 0 atom stereocenters. The van der Waals surface area contributed by atoms with E-state index in [-0.39, 0.29) is 16.5 Å².